The van der Waals surface area contributed by atoms with Crippen LogP contribution in [0.4, 0.5) is 0 Å². The quantitative estimate of drug-likeness (QED) is 0.842. The Kier molecular flexibility index (Phi) is 5.58. The van der Waals surface area contributed by atoms with Crippen LogP contribution in [-0.2, 0) is 5.60 Å². The van der Waals surface area contributed by atoms with E-state index in [1.165, 1.54) is 0 Å². The monoisotopic (exact) mass is 247 g/mol. The van der Waals surface area contributed by atoms with E-state index in [-0.39, 0.29) is 19.0 Å². The molecule has 0 saturated carbocycles. The minimum absolute atomic E-state index is 0. The summed E-state index contributed by atoms with van der Waals surface area (Å²) >= 11 is 0. The van der Waals surface area contributed by atoms with Crippen LogP contribution in [0.1, 0.15) is 12.5 Å². The third-order valence-corrected chi connectivity index (χ3v) is 2.40. The topological polar surface area (TPSA) is 64.7 Å². The van der Waals surface area contributed by atoms with Crippen molar-refractivity contribution in [1.82, 2.24) is 0 Å². The van der Waals surface area contributed by atoms with Gasteiger partial charge in [0.25, 0.3) is 0 Å². The number of methoxy groups -OCH3 is 2. The second-order valence-corrected chi connectivity index (χ2v) is 3.55. The maximum Gasteiger partial charge on any atom is 0.161 e. The van der Waals surface area contributed by atoms with E-state index in [0.717, 1.165) is 0 Å². The van der Waals surface area contributed by atoms with Crippen LogP contribution in [0.3, 0.4) is 0 Å². The average Bonchev–Trinajstić information content (AvgIpc) is 2.28. The van der Waals surface area contributed by atoms with Crippen molar-refractivity contribution >= 4 is 12.4 Å². The fourth-order valence-electron chi connectivity index (χ4n) is 1.29. The lowest BCUT2D eigenvalue weighted by Gasteiger charge is -2.22. The van der Waals surface area contributed by atoms with Crippen LogP contribution in [0.2, 0.25) is 0 Å². The van der Waals surface area contributed by atoms with Crippen LogP contribution < -0.4 is 15.2 Å². The van der Waals surface area contributed by atoms with Gasteiger partial charge in [0.15, 0.2) is 11.5 Å². The second-order valence-electron chi connectivity index (χ2n) is 3.55. The zero-order valence-electron chi connectivity index (χ0n) is 9.69. The van der Waals surface area contributed by atoms with Crippen molar-refractivity contribution in [2.45, 2.75) is 12.5 Å². The molecule has 0 aliphatic heterocycles. The smallest absolute Gasteiger partial charge is 0.161 e. The molecule has 0 aliphatic rings. The molecule has 0 aromatic heterocycles. The van der Waals surface area contributed by atoms with Gasteiger partial charge < -0.3 is 20.3 Å². The molecule has 4 nitrogen and oxygen atoms in total. The molecule has 0 radical (unpaired) electrons. The summed E-state index contributed by atoms with van der Waals surface area (Å²) in [6.45, 7) is 1.82. The summed E-state index contributed by atoms with van der Waals surface area (Å²) in [6.07, 6.45) is 0. The first-order valence-corrected chi connectivity index (χ1v) is 4.70. The summed E-state index contributed by atoms with van der Waals surface area (Å²) in [5.74, 6) is 1.22. The van der Waals surface area contributed by atoms with Gasteiger partial charge in [-0.1, -0.05) is 6.07 Å². The van der Waals surface area contributed by atoms with Gasteiger partial charge >= 0.3 is 0 Å². The number of nitrogens with two attached hydrogens (primary N) is 1. The number of ether oxygens (including phenoxy) is 2. The summed E-state index contributed by atoms with van der Waals surface area (Å²) in [5, 5.41) is 9.96. The Morgan fingerprint density at radius 2 is 1.81 bits per heavy atom. The maximum atomic E-state index is 9.96. The van der Waals surface area contributed by atoms with Crippen molar-refractivity contribution in [3.8, 4) is 11.5 Å². The number of benzene rings is 1. The third kappa shape index (κ3) is 3.01. The van der Waals surface area contributed by atoms with Gasteiger partial charge in [-0.05, 0) is 24.6 Å². The van der Waals surface area contributed by atoms with Crippen LogP contribution in [0, 0.1) is 0 Å². The normalized spacial score (nSPS) is 13.6. The van der Waals surface area contributed by atoms with Gasteiger partial charge in [0.05, 0.1) is 19.8 Å². The molecule has 1 unspecified atom stereocenters. The highest BCUT2D eigenvalue weighted by molar-refractivity contribution is 5.85. The Bertz CT molecular complexity index is 342. The van der Waals surface area contributed by atoms with E-state index < -0.39 is 5.60 Å². The molecule has 3 N–H and O–H groups in total. The number of hydrogen-bond donors (Lipinski definition) is 2. The predicted molar refractivity (Wildman–Crippen MR) is 65.4 cm³/mol. The summed E-state index contributed by atoms with van der Waals surface area (Å²) in [4.78, 5) is 0. The van der Waals surface area contributed by atoms with Gasteiger partial charge in [-0.25, -0.2) is 0 Å². The van der Waals surface area contributed by atoms with Crippen LogP contribution in [-0.4, -0.2) is 25.9 Å². The first-order valence-electron chi connectivity index (χ1n) is 4.70. The number of halogens is 1. The molecule has 16 heavy (non-hydrogen) atoms. The van der Waals surface area contributed by atoms with Gasteiger partial charge in [-0.15, -0.1) is 12.4 Å². The Balaban J connectivity index is 0.00000225. The third-order valence-electron chi connectivity index (χ3n) is 2.40. The standard InChI is InChI=1S/C11H17NO3.ClH/c1-11(13,7-12)8-4-5-9(14-2)10(6-8)15-3;/h4-6,13H,7,12H2,1-3H3;1H. The minimum atomic E-state index is -1.04. The zero-order chi connectivity index (χ0) is 11.5. The first-order chi connectivity index (χ1) is 7.05. The molecule has 92 valence electrons. The summed E-state index contributed by atoms with van der Waals surface area (Å²) < 4.78 is 10.2. The lowest BCUT2D eigenvalue weighted by atomic mass is 9.96. The Morgan fingerprint density at radius 1 is 1.25 bits per heavy atom. The molecule has 1 rings (SSSR count). The summed E-state index contributed by atoms with van der Waals surface area (Å²) in [7, 11) is 3.12. The minimum Gasteiger partial charge on any atom is -0.493 e. The van der Waals surface area contributed by atoms with Crippen molar-refractivity contribution in [3.05, 3.63) is 23.8 Å². The molecule has 0 saturated heterocycles. The van der Waals surface area contributed by atoms with Crippen LogP contribution >= 0.6 is 12.4 Å². The highest BCUT2D eigenvalue weighted by atomic mass is 35.5. The van der Waals surface area contributed by atoms with Crippen molar-refractivity contribution < 1.29 is 14.6 Å². The molecule has 0 aliphatic carbocycles. The fourth-order valence-corrected chi connectivity index (χ4v) is 1.29. The van der Waals surface area contributed by atoms with Crippen molar-refractivity contribution in [2.24, 2.45) is 5.73 Å². The first kappa shape index (κ1) is 15.0. The summed E-state index contributed by atoms with van der Waals surface area (Å²) in [6, 6.07) is 5.25. The second kappa shape index (κ2) is 5.94. The largest absolute Gasteiger partial charge is 0.493 e. The number of aliphatic hydroxyl groups is 1. The predicted octanol–water partition coefficient (Wildman–Crippen LogP) is 1.29. The lowest BCUT2D eigenvalue weighted by Crippen LogP contribution is -2.31. The van der Waals surface area contributed by atoms with E-state index in [1.54, 1.807) is 39.3 Å². The zero-order valence-corrected chi connectivity index (χ0v) is 10.5. The molecular weight excluding hydrogens is 230 g/mol. The SMILES string of the molecule is COc1ccc(C(C)(O)CN)cc1OC.Cl. The number of rotatable bonds is 4. The Labute approximate surface area is 102 Å². The molecule has 1 aromatic rings. The molecule has 0 fully saturated rings. The van der Waals surface area contributed by atoms with E-state index in [9.17, 15) is 5.11 Å². The van der Waals surface area contributed by atoms with E-state index in [4.69, 9.17) is 15.2 Å². The van der Waals surface area contributed by atoms with Gasteiger partial charge in [-0.3, -0.25) is 0 Å². The van der Waals surface area contributed by atoms with E-state index >= 15 is 0 Å². The fraction of sp³-hybridized carbons (Fsp3) is 0.455. The van der Waals surface area contributed by atoms with Crippen LogP contribution in [0.15, 0.2) is 18.2 Å². The lowest BCUT2D eigenvalue weighted by molar-refractivity contribution is 0.0665. The highest BCUT2D eigenvalue weighted by Crippen LogP contribution is 2.31. The molecule has 0 bridgehead atoms. The van der Waals surface area contributed by atoms with Crippen molar-refractivity contribution in [1.29, 1.82) is 0 Å². The molecule has 0 spiro atoms. The molecule has 0 amide bonds. The van der Waals surface area contributed by atoms with Crippen molar-refractivity contribution in [2.75, 3.05) is 20.8 Å². The van der Waals surface area contributed by atoms with Gasteiger partial charge in [0.1, 0.15) is 0 Å². The highest BCUT2D eigenvalue weighted by Gasteiger charge is 2.22. The molecular formula is C11H18ClNO3. The van der Waals surface area contributed by atoms with Crippen molar-refractivity contribution in [3.63, 3.8) is 0 Å². The molecule has 0 heterocycles. The molecule has 5 heteroatoms. The van der Waals surface area contributed by atoms with Gasteiger partial charge in [0, 0.05) is 6.54 Å². The van der Waals surface area contributed by atoms with E-state index in [2.05, 4.69) is 0 Å². The van der Waals surface area contributed by atoms with Crippen LogP contribution in [0.5, 0.6) is 11.5 Å². The summed E-state index contributed by atoms with van der Waals surface area (Å²) in [5.41, 5.74) is 5.15. The van der Waals surface area contributed by atoms with E-state index in [0.29, 0.717) is 17.1 Å². The van der Waals surface area contributed by atoms with Gasteiger partial charge in [-0.2, -0.15) is 0 Å². The Morgan fingerprint density at radius 3 is 2.25 bits per heavy atom. The molecule has 1 atom stereocenters. The number of hydrogen-bond acceptors (Lipinski definition) is 4. The van der Waals surface area contributed by atoms with Gasteiger partial charge in [0.2, 0.25) is 0 Å². The average molecular weight is 248 g/mol. The maximum absolute atomic E-state index is 9.96. The molecule has 1 aromatic carbocycles. The van der Waals surface area contributed by atoms with Crippen LogP contribution in [0.25, 0.3) is 0 Å². The van der Waals surface area contributed by atoms with E-state index in [1.807, 2.05) is 0 Å². The Hall–Kier alpha value is -0.970.